The van der Waals surface area contributed by atoms with Crippen molar-refractivity contribution in [2.45, 2.75) is 32.4 Å². The second-order valence-corrected chi connectivity index (χ2v) is 8.80. The van der Waals surface area contributed by atoms with E-state index in [1.54, 1.807) is 36.4 Å². The lowest BCUT2D eigenvalue weighted by molar-refractivity contribution is 0.0739. The number of pyridine rings is 1. The maximum absolute atomic E-state index is 13.8. The molecule has 1 unspecified atom stereocenters. The van der Waals surface area contributed by atoms with Gasteiger partial charge in [0.2, 0.25) is 0 Å². The van der Waals surface area contributed by atoms with E-state index in [9.17, 15) is 13.6 Å². The van der Waals surface area contributed by atoms with Crippen LogP contribution in [0.5, 0.6) is 5.75 Å². The maximum Gasteiger partial charge on any atom is 0.254 e. The van der Waals surface area contributed by atoms with Crippen LogP contribution in [0.15, 0.2) is 79.0 Å². The fraction of sp³-hybridized carbons (Fsp3) is 0.241. The number of fused-ring (bicyclic) bond motifs is 1. The van der Waals surface area contributed by atoms with Gasteiger partial charge < -0.3 is 15.0 Å². The summed E-state index contributed by atoms with van der Waals surface area (Å²) in [4.78, 5) is 19.4. The third kappa shape index (κ3) is 6.36. The van der Waals surface area contributed by atoms with Gasteiger partial charge in [-0.05, 0) is 67.8 Å². The minimum absolute atomic E-state index is 0.0965. The molecular formula is C29H29F2N3O2. The number of hydrogen-bond acceptors (Lipinski definition) is 4. The average Bonchev–Trinajstić information content (AvgIpc) is 2.88. The molecule has 1 amide bonds. The van der Waals surface area contributed by atoms with Gasteiger partial charge in [-0.2, -0.15) is 0 Å². The fourth-order valence-corrected chi connectivity index (χ4v) is 4.19. The van der Waals surface area contributed by atoms with Crippen molar-refractivity contribution in [3.05, 3.63) is 102 Å². The highest BCUT2D eigenvalue weighted by atomic mass is 19.1. The number of hydrogen-bond donors (Lipinski definition) is 1. The molecule has 0 saturated carbocycles. The zero-order valence-electron chi connectivity index (χ0n) is 20.4. The Bertz CT molecular complexity index is 1330. The summed E-state index contributed by atoms with van der Waals surface area (Å²) >= 11 is 0. The lowest BCUT2D eigenvalue weighted by atomic mass is 10.1. The lowest BCUT2D eigenvalue weighted by Gasteiger charge is -2.24. The average molecular weight is 490 g/mol. The number of rotatable bonds is 10. The topological polar surface area (TPSA) is 54.5 Å². The Labute approximate surface area is 209 Å². The number of nitrogens with one attached hydrogen (secondary N) is 1. The fourth-order valence-electron chi connectivity index (χ4n) is 4.19. The van der Waals surface area contributed by atoms with Gasteiger partial charge in [-0.15, -0.1) is 0 Å². The predicted molar refractivity (Wildman–Crippen MR) is 138 cm³/mol. The van der Waals surface area contributed by atoms with E-state index >= 15 is 0 Å². The van der Waals surface area contributed by atoms with Gasteiger partial charge >= 0.3 is 0 Å². The summed E-state index contributed by atoms with van der Waals surface area (Å²) in [6.07, 6.45) is 3.25. The standard InChI is InChI=1S/C29H29F2N3O2/c1-20(33-27-18-26(36-2)17-22-8-4-14-32-28(22)27)6-5-15-34(19-21-10-12-24(30)13-11-21)29(35)23-7-3-9-25(31)16-23/h3-4,7-14,16-18,20,33H,5-6,15,19H2,1-2H3. The van der Waals surface area contributed by atoms with Gasteiger partial charge in [-0.3, -0.25) is 9.78 Å². The summed E-state index contributed by atoms with van der Waals surface area (Å²) in [5.74, 6) is -0.306. The molecule has 0 radical (unpaired) electrons. The van der Waals surface area contributed by atoms with E-state index in [4.69, 9.17) is 4.74 Å². The van der Waals surface area contributed by atoms with Gasteiger partial charge in [-0.25, -0.2) is 8.78 Å². The molecule has 0 fully saturated rings. The van der Waals surface area contributed by atoms with Gasteiger partial charge in [-0.1, -0.05) is 24.3 Å². The molecule has 4 rings (SSSR count). The number of aromatic nitrogens is 1. The maximum atomic E-state index is 13.8. The molecule has 1 heterocycles. The first kappa shape index (κ1) is 25.1. The number of carbonyl (C=O) groups excluding carboxylic acids is 1. The highest BCUT2D eigenvalue weighted by Gasteiger charge is 2.18. The molecule has 0 bridgehead atoms. The van der Waals surface area contributed by atoms with Crippen LogP contribution in [0.1, 0.15) is 35.7 Å². The number of halogens is 2. The molecule has 1 aromatic heterocycles. The van der Waals surface area contributed by atoms with Crippen LogP contribution in [0.2, 0.25) is 0 Å². The summed E-state index contributed by atoms with van der Waals surface area (Å²) in [5.41, 5.74) is 2.85. The zero-order valence-corrected chi connectivity index (χ0v) is 20.4. The van der Waals surface area contributed by atoms with Gasteiger partial charge in [0, 0.05) is 42.3 Å². The Balaban J connectivity index is 1.44. The van der Waals surface area contributed by atoms with E-state index in [1.807, 2.05) is 24.3 Å². The first-order chi connectivity index (χ1) is 17.4. The largest absolute Gasteiger partial charge is 0.497 e. The van der Waals surface area contributed by atoms with Gasteiger partial charge in [0.1, 0.15) is 17.4 Å². The number of anilines is 1. The number of carbonyl (C=O) groups is 1. The normalized spacial score (nSPS) is 11.8. The molecule has 5 nitrogen and oxygen atoms in total. The Morgan fingerprint density at radius 3 is 2.58 bits per heavy atom. The molecule has 186 valence electrons. The van der Waals surface area contributed by atoms with Crippen LogP contribution in [0.4, 0.5) is 14.5 Å². The van der Waals surface area contributed by atoms with Crippen LogP contribution in [-0.4, -0.2) is 35.5 Å². The Morgan fingerprint density at radius 1 is 1.03 bits per heavy atom. The van der Waals surface area contributed by atoms with Gasteiger partial charge in [0.05, 0.1) is 18.3 Å². The molecule has 0 aliphatic rings. The van der Waals surface area contributed by atoms with E-state index < -0.39 is 5.82 Å². The summed E-state index contributed by atoms with van der Waals surface area (Å²) in [7, 11) is 1.63. The van der Waals surface area contributed by atoms with Crippen molar-refractivity contribution in [3.8, 4) is 5.75 Å². The summed E-state index contributed by atoms with van der Waals surface area (Å²) < 4.78 is 32.6. The number of methoxy groups -OCH3 is 1. The second kappa shape index (κ2) is 11.6. The minimum atomic E-state index is -0.459. The molecule has 4 aromatic rings. The zero-order chi connectivity index (χ0) is 25.5. The molecule has 0 saturated heterocycles. The number of ether oxygens (including phenoxy) is 1. The van der Waals surface area contributed by atoms with Crippen LogP contribution < -0.4 is 10.1 Å². The van der Waals surface area contributed by atoms with E-state index in [-0.39, 0.29) is 23.3 Å². The van der Waals surface area contributed by atoms with Crippen LogP contribution in [-0.2, 0) is 6.54 Å². The monoisotopic (exact) mass is 489 g/mol. The van der Waals surface area contributed by atoms with Gasteiger partial charge in [0.15, 0.2) is 0 Å². The van der Waals surface area contributed by atoms with Crippen LogP contribution >= 0.6 is 0 Å². The molecule has 0 aliphatic carbocycles. The first-order valence-corrected chi connectivity index (χ1v) is 11.9. The quantitative estimate of drug-likeness (QED) is 0.278. The molecule has 7 heteroatoms. The minimum Gasteiger partial charge on any atom is -0.497 e. The highest BCUT2D eigenvalue weighted by Crippen LogP contribution is 2.28. The lowest BCUT2D eigenvalue weighted by Crippen LogP contribution is -2.32. The molecule has 1 atom stereocenters. The van der Waals surface area contributed by atoms with Crippen LogP contribution in [0, 0.1) is 11.6 Å². The number of nitrogens with zero attached hydrogens (tertiary/aromatic N) is 2. The Hall–Kier alpha value is -4.00. The number of benzene rings is 3. The van der Waals surface area contributed by atoms with Crippen molar-refractivity contribution in [2.75, 3.05) is 19.0 Å². The molecule has 3 aromatic carbocycles. The molecule has 0 aliphatic heterocycles. The third-order valence-corrected chi connectivity index (χ3v) is 6.03. The second-order valence-electron chi connectivity index (χ2n) is 8.80. The Kier molecular flexibility index (Phi) is 8.10. The molecule has 1 N–H and O–H groups in total. The Morgan fingerprint density at radius 2 is 1.83 bits per heavy atom. The van der Waals surface area contributed by atoms with E-state index in [0.717, 1.165) is 34.3 Å². The van der Waals surface area contributed by atoms with Gasteiger partial charge in [0.25, 0.3) is 5.91 Å². The van der Waals surface area contributed by atoms with Crippen molar-refractivity contribution in [2.24, 2.45) is 0 Å². The van der Waals surface area contributed by atoms with Crippen molar-refractivity contribution < 1.29 is 18.3 Å². The van der Waals surface area contributed by atoms with Crippen molar-refractivity contribution >= 4 is 22.5 Å². The van der Waals surface area contributed by atoms with Crippen molar-refractivity contribution in [3.63, 3.8) is 0 Å². The summed E-state index contributed by atoms with van der Waals surface area (Å²) in [6.45, 7) is 2.85. The smallest absolute Gasteiger partial charge is 0.254 e. The van der Waals surface area contributed by atoms with E-state index in [2.05, 4.69) is 17.2 Å². The SMILES string of the molecule is COc1cc(NC(C)CCCN(Cc2ccc(F)cc2)C(=O)c2cccc(F)c2)c2ncccc2c1. The van der Waals surface area contributed by atoms with E-state index in [0.29, 0.717) is 19.5 Å². The molecular weight excluding hydrogens is 460 g/mol. The molecule has 0 spiro atoms. The predicted octanol–water partition coefficient (Wildman–Crippen LogP) is 6.44. The molecule has 36 heavy (non-hydrogen) atoms. The van der Waals surface area contributed by atoms with Crippen molar-refractivity contribution in [1.29, 1.82) is 0 Å². The first-order valence-electron chi connectivity index (χ1n) is 11.9. The highest BCUT2D eigenvalue weighted by molar-refractivity contribution is 5.94. The summed E-state index contributed by atoms with van der Waals surface area (Å²) in [5, 5.41) is 4.50. The van der Waals surface area contributed by atoms with Crippen molar-refractivity contribution in [1.82, 2.24) is 9.88 Å². The van der Waals surface area contributed by atoms with Crippen LogP contribution in [0.25, 0.3) is 10.9 Å². The van der Waals surface area contributed by atoms with E-state index in [1.165, 1.54) is 30.3 Å². The van der Waals surface area contributed by atoms with Crippen LogP contribution in [0.3, 0.4) is 0 Å². The summed E-state index contributed by atoms with van der Waals surface area (Å²) in [6, 6.07) is 19.6. The number of amides is 1. The third-order valence-electron chi connectivity index (χ3n) is 6.03.